The van der Waals surface area contributed by atoms with Gasteiger partial charge < -0.3 is 11.1 Å². The third kappa shape index (κ3) is 3.38. The van der Waals surface area contributed by atoms with Crippen LogP contribution in [-0.2, 0) is 15.6 Å². The highest BCUT2D eigenvalue weighted by atomic mass is 32.2. The minimum Gasteiger partial charge on any atom is -0.358 e. The molecule has 3 N–H and O–H groups in total. The zero-order valence-corrected chi connectivity index (χ0v) is 9.31. The first-order valence-corrected chi connectivity index (χ1v) is 6.35. The van der Waals surface area contributed by atoms with Gasteiger partial charge in [-0.2, -0.15) is 0 Å². The predicted octanol–water partition coefficient (Wildman–Crippen LogP) is -0.249. The quantitative estimate of drug-likeness (QED) is 0.686. The molecule has 14 heavy (non-hydrogen) atoms. The number of carbonyl (C=O) groups is 1. The largest absolute Gasteiger partial charge is 0.358 e. The van der Waals surface area contributed by atoms with E-state index < -0.39 is 10.8 Å². The van der Waals surface area contributed by atoms with Crippen molar-refractivity contribution in [3.05, 3.63) is 0 Å². The number of amides is 1. The summed E-state index contributed by atoms with van der Waals surface area (Å²) in [5.41, 5.74) is 5.79. The van der Waals surface area contributed by atoms with Crippen molar-refractivity contribution in [3.8, 4) is 0 Å². The highest BCUT2D eigenvalue weighted by molar-refractivity contribution is 7.86. The lowest BCUT2D eigenvalue weighted by Crippen LogP contribution is -2.36. The van der Waals surface area contributed by atoms with E-state index in [0.29, 0.717) is 0 Å². The van der Waals surface area contributed by atoms with Gasteiger partial charge in [0.2, 0.25) is 5.91 Å². The Morgan fingerprint density at radius 3 is 2.86 bits per heavy atom. The highest BCUT2D eigenvalue weighted by Gasteiger charge is 2.25. The van der Waals surface area contributed by atoms with E-state index in [9.17, 15) is 9.00 Å². The van der Waals surface area contributed by atoms with E-state index in [1.54, 1.807) is 7.05 Å². The second kappa shape index (κ2) is 5.46. The summed E-state index contributed by atoms with van der Waals surface area (Å²) in [6.45, 7) is 0. The van der Waals surface area contributed by atoms with Gasteiger partial charge in [-0.25, -0.2) is 0 Å². The number of rotatable bonds is 3. The molecule has 3 unspecified atom stereocenters. The summed E-state index contributed by atoms with van der Waals surface area (Å²) < 4.78 is 11.7. The molecule has 82 valence electrons. The van der Waals surface area contributed by atoms with Crippen LogP contribution in [0.1, 0.15) is 25.7 Å². The van der Waals surface area contributed by atoms with Gasteiger partial charge in [0.05, 0.1) is 0 Å². The minimum absolute atomic E-state index is 0.119. The standard InChI is InChI=1S/C9H18N2O2S/c1-11-9(12)6-14(13)8-4-2-3-7(10)5-8/h7-8H,2-6,10H2,1H3,(H,11,12). The molecule has 1 amide bonds. The van der Waals surface area contributed by atoms with Crippen LogP contribution in [0.15, 0.2) is 0 Å². The van der Waals surface area contributed by atoms with Gasteiger partial charge in [-0.1, -0.05) is 6.42 Å². The molecule has 4 nitrogen and oxygen atoms in total. The highest BCUT2D eigenvalue weighted by Crippen LogP contribution is 2.21. The number of nitrogens with one attached hydrogen (secondary N) is 1. The summed E-state index contributed by atoms with van der Waals surface area (Å²) in [5.74, 6) is -0.0315. The van der Waals surface area contributed by atoms with E-state index in [4.69, 9.17) is 5.73 Å². The van der Waals surface area contributed by atoms with Crippen molar-refractivity contribution in [1.82, 2.24) is 5.32 Å². The van der Waals surface area contributed by atoms with E-state index in [1.807, 2.05) is 0 Å². The minimum atomic E-state index is -1.05. The maximum absolute atomic E-state index is 11.7. The lowest BCUT2D eigenvalue weighted by atomic mass is 9.96. The molecule has 0 radical (unpaired) electrons. The van der Waals surface area contributed by atoms with Gasteiger partial charge in [-0.15, -0.1) is 0 Å². The molecule has 0 aliphatic heterocycles. The van der Waals surface area contributed by atoms with Crippen molar-refractivity contribution < 1.29 is 9.00 Å². The molecule has 5 heteroatoms. The second-order valence-electron chi connectivity index (χ2n) is 3.75. The van der Waals surface area contributed by atoms with Gasteiger partial charge in [0.15, 0.2) is 0 Å². The first-order chi connectivity index (χ1) is 6.63. The topological polar surface area (TPSA) is 72.2 Å². The van der Waals surface area contributed by atoms with Gasteiger partial charge >= 0.3 is 0 Å². The van der Waals surface area contributed by atoms with E-state index >= 15 is 0 Å². The maximum Gasteiger partial charge on any atom is 0.232 e. The number of hydrogen-bond acceptors (Lipinski definition) is 3. The van der Waals surface area contributed by atoms with E-state index in [1.165, 1.54) is 0 Å². The molecule has 1 rings (SSSR count). The Hall–Kier alpha value is -0.420. The Morgan fingerprint density at radius 2 is 2.29 bits per heavy atom. The summed E-state index contributed by atoms with van der Waals surface area (Å²) in [5, 5.41) is 2.60. The Bertz CT molecular complexity index is 233. The Balaban J connectivity index is 2.39. The molecule has 1 fully saturated rings. The molecule has 0 saturated heterocycles. The molecule has 0 spiro atoms. The van der Waals surface area contributed by atoms with Crippen molar-refractivity contribution in [2.24, 2.45) is 5.73 Å². The average molecular weight is 218 g/mol. The SMILES string of the molecule is CNC(=O)CS(=O)C1CCCC(N)C1. The summed E-state index contributed by atoms with van der Waals surface area (Å²) in [7, 11) is 0.512. The molecule has 1 aliphatic rings. The van der Waals surface area contributed by atoms with Crippen molar-refractivity contribution in [2.75, 3.05) is 12.8 Å². The van der Waals surface area contributed by atoms with E-state index in [0.717, 1.165) is 25.7 Å². The molecule has 3 atom stereocenters. The third-order valence-corrected chi connectivity index (χ3v) is 4.31. The number of carbonyl (C=O) groups excluding carboxylic acids is 1. The number of nitrogens with two attached hydrogens (primary N) is 1. The van der Waals surface area contributed by atoms with E-state index in [-0.39, 0.29) is 23.0 Å². The normalized spacial score (nSPS) is 29.6. The summed E-state index contributed by atoms with van der Waals surface area (Å²) in [6, 6.07) is 0.169. The first kappa shape index (κ1) is 11.7. The van der Waals surface area contributed by atoms with Gasteiger partial charge in [0.1, 0.15) is 5.75 Å². The first-order valence-electron chi connectivity index (χ1n) is 4.97. The van der Waals surface area contributed by atoms with Crippen LogP contribution in [0.4, 0.5) is 0 Å². The lowest BCUT2D eigenvalue weighted by Gasteiger charge is -2.25. The second-order valence-corrected chi connectivity index (χ2v) is 5.46. The zero-order chi connectivity index (χ0) is 10.6. The van der Waals surface area contributed by atoms with Crippen LogP contribution >= 0.6 is 0 Å². The smallest absolute Gasteiger partial charge is 0.232 e. The van der Waals surface area contributed by atoms with Crippen LogP contribution in [0.5, 0.6) is 0 Å². The number of hydrogen-bond donors (Lipinski definition) is 2. The van der Waals surface area contributed by atoms with Crippen LogP contribution in [0.3, 0.4) is 0 Å². The van der Waals surface area contributed by atoms with Crippen LogP contribution < -0.4 is 11.1 Å². The fourth-order valence-corrected chi connectivity index (χ4v) is 3.27. The fraction of sp³-hybridized carbons (Fsp3) is 0.889. The van der Waals surface area contributed by atoms with Crippen LogP contribution in [0.2, 0.25) is 0 Å². The molecule has 0 bridgehead atoms. The van der Waals surface area contributed by atoms with Crippen LogP contribution in [0, 0.1) is 0 Å². The molecular formula is C9H18N2O2S. The molecular weight excluding hydrogens is 200 g/mol. The van der Waals surface area contributed by atoms with Crippen LogP contribution in [0.25, 0.3) is 0 Å². The third-order valence-electron chi connectivity index (χ3n) is 2.59. The van der Waals surface area contributed by atoms with Crippen LogP contribution in [-0.4, -0.2) is 34.2 Å². The van der Waals surface area contributed by atoms with Gasteiger partial charge in [-0.05, 0) is 19.3 Å². The Labute approximate surface area is 87.1 Å². The molecule has 1 aliphatic carbocycles. The molecule has 0 aromatic carbocycles. The fourth-order valence-electron chi connectivity index (χ4n) is 1.74. The summed E-state index contributed by atoms with van der Waals surface area (Å²) in [6.07, 6.45) is 3.79. The van der Waals surface area contributed by atoms with E-state index in [2.05, 4.69) is 5.32 Å². The van der Waals surface area contributed by atoms with Crippen molar-refractivity contribution in [2.45, 2.75) is 37.0 Å². The molecule has 0 heterocycles. The molecule has 0 aromatic rings. The zero-order valence-electron chi connectivity index (χ0n) is 8.49. The lowest BCUT2D eigenvalue weighted by molar-refractivity contribution is -0.118. The Kier molecular flexibility index (Phi) is 4.54. The summed E-state index contributed by atoms with van der Waals surface area (Å²) >= 11 is 0. The van der Waals surface area contributed by atoms with Gasteiger partial charge in [0.25, 0.3) is 0 Å². The Morgan fingerprint density at radius 1 is 1.57 bits per heavy atom. The predicted molar refractivity (Wildman–Crippen MR) is 57.3 cm³/mol. The molecule has 0 aromatic heterocycles. The molecule has 1 saturated carbocycles. The average Bonchev–Trinajstić information content (AvgIpc) is 2.17. The maximum atomic E-state index is 11.7. The van der Waals surface area contributed by atoms with Crippen molar-refractivity contribution >= 4 is 16.7 Å². The van der Waals surface area contributed by atoms with Crippen molar-refractivity contribution in [3.63, 3.8) is 0 Å². The van der Waals surface area contributed by atoms with Gasteiger partial charge in [-0.3, -0.25) is 9.00 Å². The monoisotopic (exact) mass is 218 g/mol. The van der Waals surface area contributed by atoms with Gasteiger partial charge in [0, 0.05) is 29.1 Å². The van der Waals surface area contributed by atoms with Crippen molar-refractivity contribution in [1.29, 1.82) is 0 Å². The summed E-state index contributed by atoms with van der Waals surface area (Å²) in [4.78, 5) is 11.0.